The number of ether oxygens (including phenoxy) is 1. The van der Waals surface area contributed by atoms with Gasteiger partial charge in [-0.15, -0.1) is 0 Å². The van der Waals surface area contributed by atoms with Gasteiger partial charge in [0.25, 0.3) is 0 Å². The molecule has 2 atom stereocenters. The van der Waals surface area contributed by atoms with Crippen LogP contribution in [0.1, 0.15) is 52.4 Å². The summed E-state index contributed by atoms with van der Waals surface area (Å²) in [5.74, 6) is 0. The first-order chi connectivity index (χ1) is 8.65. The van der Waals surface area contributed by atoms with Crippen molar-refractivity contribution < 1.29 is 4.74 Å². The molecule has 0 bridgehead atoms. The molecule has 2 aliphatic rings. The molecule has 0 amide bonds. The zero-order chi connectivity index (χ0) is 13.0. The molecule has 18 heavy (non-hydrogen) atoms. The van der Waals surface area contributed by atoms with Gasteiger partial charge < -0.3 is 15.0 Å². The molecule has 3 nitrogen and oxygen atoms in total. The molecular weight excluding hydrogens is 224 g/mol. The number of rotatable bonds is 6. The van der Waals surface area contributed by atoms with E-state index in [1.165, 1.54) is 38.5 Å². The predicted octanol–water partition coefficient (Wildman–Crippen LogP) is 2.41. The Kier molecular flexibility index (Phi) is 5.05. The minimum Gasteiger partial charge on any atom is -0.375 e. The molecule has 1 aliphatic heterocycles. The van der Waals surface area contributed by atoms with E-state index in [1.807, 2.05) is 0 Å². The van der Waals surface area contributed by atoms with Gasteiger partial charge >= 0.3 is 0 Å². The topological polar surface area (TPSA) is 24.5 Å². The van der Waals surface area contributed by atoms with E-state index in [9.17, 15) is 0 Å². The first kappa shape index (κ1) is 14.3. The second kappa shape index (κ2) is 6.36. The van der Waals surface area contributed by atoms with Crippen molar-refractivity contribution in [1.82, 2.24) is 10.2 Å². The van der Waals surface area contributed by atoms with Crippen molar-refractivity contribution in [2.24, 2.45) is 0 Å². The van der Waals surface area contributed by atoms with Gasteiger partial charge in [-0.1, -0.05) is 6.92 Å². The predicted molar refractivity (Wildman–Crippen MR) is 75.9 cm³/mol. The third-order valence-electron chi connectivity index (χ3n) is 5.00. The Morgan fingerprint density at radius 2 is 2.22 bits per heavy atom. The third kappa shape index (κ3) is 3.46. The van der Waals surface area contributed by atoms with E-state index >= 15 is 0 Å². The van der Waals surface area contributed by atoms with Crippen LogP contribution >= 0.6 is 0 Å². The maximum absolute atomic E-state index is 5.96. The summed E-state index contributed by atoms with van der Waals surface area (Å²) in [6, 6.07) is 1.38. The summed E-state index contributed by atoms with van der Waals surface area (Å²) >= 11 is 0. The molecule has 106 valence electrons. The summed E-state index contributed by atoms with van der Waals surface area (Å²) in [5.41, 5.74) is 0.276. The van der Waals surface area contributed by atoms with Crippen LogP contribution in [0.2, 0.25) is 0 Å². The number of likely N-dealkylation sites (N-methyl/N-ethyl adjacent to an activating group) is 1. The Morgan fingerprint density at radius 1 is 1.44 bits per heavy atom. The normalized spacial score (nSPS) is 28.3. The molecule has 1 saturated carbocycles. The lowest BCUT2D eigenvalue weighted by Gasteiger charge is -2.47. The van der Waals surface area contributed by atoms with Crippen molar-refractivity contribution in [2.45, 2.75) is 70.1 Å². The van der Waals surface area contributed by atoms with Crippen LogP contribution in [0.25, 0.3) is 0 Å². The smallest absolute Gasteiger partial charge is 0.0697 e. The fourth-order valence-corrected chi connectivity index (χ4v) is 3.10. The van der Waals surface area contributed by atoms with Crippen LogP contribution in [0.4, 0.5) is 0 Å². The summed E-state index contributed by atoms with van der Waals surface area (Å²) < 4.78 is 5.96. The molecule has 1 spiro atoms. The molecular formula is C15H30N2O. The number of nitrogens with one attached hydrogen (secondary N) is 1. The highest BCUT2D eigenvalue weighted by atomic mass is 16.5. The van der Waals surface area contributed by atoms with Crippen molar-refractivity contribution in [3.05, 3.63) is 0 Å². The number of nitrogens with zero attached hydrogens (tertiary/aromatic N) is 1. The van der Waals surface area contributed by atoms with Crippen molar-refractivity contribution in [3.63, 3.8) is 0 Å². The van der Waals surface area contributed by atoms with E-state index in [-0.39, 0.29) is 5.60 Å². The second-order valence-corrected chi connectivity index (χ2v) is 6.27. The molecule has 0 radical (unpaired) electrons. The van der Waals surface area contributed by atoms with Crippen LogP contribution in [0.15, 0.2) is 0 Å². The van der Waals surface area contributed by atoms with Crippen molar-refractivity contribution in [3.8, 4) is 0 Å². The molecule has 1 heterocycles. The van der Waals surface area contributed by atoms with Crippen LogP contribution in [0.5, 0.6) is 0 Å². The lowest BCUT2D eigenvalue weighted by atomic mass is 9.74. The van der Waals surface area contributed by atoms with E-state index in [2.05, 4.69) is 31.1 Å². The van der Waals surface area contributed by atoms with E-state index in [0.29, 0.717) is 12.1 Å². The molecule has 2 rings (SSSR count). The Labute approximate surface area is 112 Å². The molecule has 0 aromatic heterocycles. The first-order valence-electron chi connectivity index (χ1n) is 7.73. The van der Waals surface area contributed by atoms with E-state index in [4.69, 9.17) is 4.74 Å². The Hall–Kier alpha value is -0.120. The third-order valence-corrected chi connectivity index (χ3v) is 5.00. The van der Waals surface area contributed by atoms with Gasteiger partial charge in [0.15, 0.2) is 0 Å². The molecule has 2 fully saturated rings. The summed E-state index contributed by atoms with van der Waals surface area (Å²) in [4.78, 5) is 2.45. The molecule has 1 saturated heterocycles. The summed E-state index contributed by atoms with van der Waals surface area (Å²) in [5, 5.41) is 3.73. The highest BCUT2D eigenvalue weighted by molar-refractivity contribution is 4.96. The van der Waals surface area contributed by atoms with Crippen LogP contribution < -0.4 is 5.32 Å². The molecule has 0 aromatic carbocycles. The van der Waals surface area contributed by atoms with Gasteiger partial charge in [0.2, 0.25) is 0 Å². The fourth-order valence-electron chi connectivity index (χ4n) is 3.10. The number of hydrogen-bond donors (Lipinski definition) is 1. The van der Waals surface area contributed by atoms with E-state index < -0.39 is 0 Å². The van der Waals surface area contributed by atoms with Crippen LogP contribution in [-0.4, -0.2) is 49.3 Å². The highest BCUT2D eigenvalue weighted by Gasteiger charge is 2.42. The molecule has 2 unspecified atom stereocenters. The minimum atomic E-state index is 0.276. The SMILES string of the molecule is CCC(C)N(C)CCNC1CCOC2(CCC2)C1. The van der Waals surface area contributed by atoms with Crippen LogP contribution in [0.3, 0.4) is 0 Å². The van der Waals surface area contributed by atoms with Crippen LogP contribution in [0, 0.1) is 0 Å². The monoisotopic (exact) mass is 254 g/mol. The largest absolute Gasteiger partial charge is 0.375 e. The van der Waals surface area contributed by atoms with Crippen molar-refractivity contribution in [2.75, 3.05) is 26.7 Å². The molecule has 1 N–H and O–H groups in total. The molecule has 1 aliphatic carbocycles. The van der Waals surface area contributed by atoms with Gasteiger partial charge in [-0.25, -0.2) is 0 Å². The first-order valence-corrected chi connectivity index (χ1v) is 7.73. The van der Waals surface area contributed by atoms with Gasteiger partial charge in [-0.3, -0.25) is 0 Å². The summed E-state index contributed by atoms with van der Waals surface area (Å²) in [7, 11) is 2.23. The highest BCUT2D eigenvalue weighted by Crippen LogP contribution is 2.42. The summed E-state index contributed by atoms with van der Waals surface area (Å²) in [6.07, 6.45) is 7.60. The Morgan fingerprint density at radius 3 is 2.83 bits per heavy atom. The lowest BCUT2D eigenvalue weighted by Crippen LogP contribution is -2.51. The quantitative estimate of drug-likeness (QED) is 0.788. The lowest BCUT2D eigenvalue weighted by molar-refractivity contribution is -0.135. The van der Waals surface area contributed by atoms with Gasteiger partial charge in [0.1, 0.15) is 0 Å². The maximum atomic E-state index is 5.96. The second-order valence-electron chi connectivity index (χ2n) is 6.27. The molecule has 0 aromatic rings. The van der Waals surface area contributed by atoms with E-state index in [0.717, 1.165) is 19.7 Å². The summed E-state index contributed by atoms with van der Waals surface area (Å²) in [6.45, 7) is 7.78. The van der Waals surface area contributed by atoms with Gasteiger partial charge in [-0.2, -0.15) is 0 Å². The average Bonchev–Trinajstić information content (AvgIpc) is 2.36. The van der Waals surface area contributed by atoms with Crippen molar-refractivity contribution >= 4 is 0 Å². The fraction of sp³-hybridized carbons (Fsp3) is 1.00. The van der Waals surface area contributed by atoms with Gasteiger partial charge in [0, 0.05) is 31.8 Å². The van der Waals surface area contributed by atoms with Crippen LogP contribution in [-0.2, 0) is 4.74 Å². The van der Waals surface area contributed by atoms with Gasteiger partial charge in [0.05, 0.1) is 5.60 Å². The maximum Gasteiger partial charge on any atom is 0.0697 e. The zero-order valence-corrected chi connectivity index (χ0v) is 12.4. The number of hydrogen-bond acceptors (Lipinski definition) is 3. The van der Waals surface area contributed by atoms with E-state index in [1.54, 1.807) is 0 Å². The average molecular weight is 254 g/mol. The van der Waals surface area contributed by atoms with Crippen molar-refractivity contribution in [1.29, 1.82) is 0 Å². The molecule has 3 heteroatoms. The minimum absolute atomic E-state index is 0.276. The standard InChI is InChI=1S/C15H30N2O/c1-4-13(2)17(3)10-9-16-14-6-11-18-15(12-14)7-5-8-15/h13-14,16H,4-12H2,1-3H3. The Balaban J connectivity index is 1.64. The Bertz CT molecular complexity index is 253. The zero-order valence-electron chi connectivity index (χ0n) is 12.4. The van der Waals surface area contributed by atoms with Gasteiger partial charge in [-0.05, 0) is 52.5 Å².